The van der Waals surface area contributed by atoms with Crippen molar-refractivity contribution in [3.63, 3.8) is 0 Å². The number of nitrogens with one attached hydrogen (secondary N) is 1. The van der Waals surface area contributed by atoms with E-state index in [4.69, 9.17) is 0 Å². The second kappa shape index (κ2) is 7.31. The molecule has 2 rings (SSSR count). The summed E-state index contributed by atoms with van der Waals surface area (Å²) in [5, 5.41) is 2.66. The van der Waals surface area contributed by atoms with Crippen LogP contribution in [0.2, 0.25) is 0 Å². The maximum absolute atomic E-state index is 13.4. The molecule has 0 aliphatic heterocycles. The molecular weight excluding hydrogens is 283 g/mol. The SMILES string of the molecule is CN(C)c1ccnc(CNC(=O)/C=C/c2ccccc2F)n1. The van der Waals surface area contributed by atoms with E-state index < -0.39 is 0 Å². The van der Waals surface area contributed by atoms with Crippen LogP contribution in [0.4, 0.5) is 10.2 Å². The lowest BCUT2D eigenvalue weighted by molar-refractivity contribution is -0.116. The minimum Gasteiger partial charge on any atom is -0.363 e. The molecule has 0 aliphatic carbocycles. The Kier molecular flexibility index (Phi) is 5.19. The van der Waals surface area contributed by atoms with Crippen molar-refractivity contribution in [2.24, 2.45) is 0 Å². The summed E-state index contributed by atoms with van der Waals surface area (Å²) in [7, 11) is 3.75. The molecule has 1 N–H and O–H groups in total. The molecule has 1 heterocycles. The zero-order chi connectivity index (χ0) is 15.9. The summed E-state index contributed by atoms with van der Waals surface area (Å²) >= 11 is 0. The molecule has 5 nitrogen and oxygen atoms in total. The maximum atomic E-state index is 13.4. The molecule has 22 heavy (non-hydrogen) atoms. The van der Waals surface area contributed by atoms with Crippen LogP contribution in [0.1, 0.15) is 11.4 Å². The summed E-state index contributed by atoms with van der Waals surface area (Å²) in [6, 6.07) is 8.04. The monoisotopic (exact) mass is 300 g/mol. The standard InChI is InChI=1S/C16H17FN4O/c1-21(2)15-9-10-18-14(20-15)11-19-16(22)8-7-12-5-3-4-6-13(12)17/h3-10H,11H2,1-2H3,(H,19,22)/b8-7+. The minimum atomic E-state index is -0.367. The average molecular weight is 300 g/mol. The summed E-state index contributed by atoms with van der Waals surface area (Å²) in [4.78, 5) is 22.0. The highest BCUT2D eigenvalue weighted by molar-refractivity contribution is 5.91. The highest BCUT2D eigenvalue weighted by atomic mass is 19.1. The van der Waals surface area contributed by atoms with E-state index in [0.29, 0.717) is 11.4 Å². The summed E-state index contributed by atoms with van der Waals surface area (Å²) < 4.78 is 13.4. The third-order valence-corrected chi connectivity index (χ3v) is 2.89. The van der Waals surface area contributed by atoms with E-state index in [2.05, 4.69) is 15.3 Å². The first kappa shape index (κ1) is 15.6. The normalized spacial score (nSPS) is 10.7. The van der Waals surface area contributed by atoms with Crippen molar-refractivity contribution >= 4 is 17.8 Å². The Morgan fingerprint density at radius 2 is 2.09 bits per heavy atom. The van der Waals surface area contributed by atoms with Gasteiger partial charge >= 0.3 is 0 Å². The number of hydrogen-bond acceptors (Lipinski definition) is 4. The lowest BCUT2D eigenvalue weighted by Crippen LogP contribution is -2.22. The Labute approximate surface area is 128 Å². The van der Waals surface area contributed by atoms with Gasteiger partial charge in [0.15, 0.2) is 0 Å². The highest BCUT2D eigenvalue weighted by Gasteiger charge is 2.03. The third-order valence-electron chi connectivity index (χ3n) is 2.89. The van der Waals surface area contributed by atoms with E-state index in [9.17, 15) is 9.18 Å². The van der Waals surface area contributed by atoms with Crippen LogP contribution in [0.25, 0.3) is 6.08 Å². The van der Waals surface area contributed by atoms with Gasteiger partial charge in [0.2, 0.25) is 5.91 Å². The van der Waals surface area contributed by atoms with Gasteiger partial charge in [-0.05, 0) is 18.2 Å². The number of carbonyl (C=O) groups is 1. The largest absolute Gasteiger partial charge is 0.363 e. The second-order valence-electron chi connectivity index (χ2n) is 4.80. The molecule has 0 spiro atoms. The van der Waals surface area contributed by atoms with Gasteiger partial charge in [-0.3, -0.25) is 4.79 Å². The van der Waals surface area contributed by atoms with Gasteiger partial charge < -0.3 is 10.2 Å². The number of benzene rings is 1. The number of aromatic nitrogens is 2. The van der Waals surface area contributed by atoms with Crippen LogP contribution in [-0.2, 0) is 11.3 Å². The fourth-order valence-electron chi connectivity index (χ4n) is 1.72. The third kappa shape index (κ3) is 4.37. The van der Waals surface area contributed by atoms with Crippen LogP contribution in [0.5, 0.6) is 0 Å². The Balaban J connectivity index is 1.93. The van der Waals surface area contributed by atoms with Crippen molar-refractivity contribution in [1.82, 2.24) is 15.3 Å². The summed E-state index contributed by atoms with van der Waals surface area (Å²) in [6.07, 6.45) is 4.36. The fraction of sp³-hybridized carbons (Fsp3) is 0.188. The summed E-state index contributed by atoms with van der Waals surface area (Å²) in [5.41, 5.74) is 0.364. The van der Waals surface area contributed by atoms with Crippen LogP contribution in [-0.4, -0.2) is 30.0 Å². The van der Waals surface area contributed by atoms with Crippen molar-refractivity contribution in [3.8, 4) is 0 Å². The smallest absolute Gasteiger partial charge is 0.244 e. The maximum Gasteiger partial charge on any atom is 0.244 e. The molecule has 0 atom stereocenters. The van der Waals surface area contributed by atoms with E-state index >= 15 is 0 Å². The van der Waals surface area contributed by atoms with E-state index in [1.54, 1.807) is 30.5 Å². The average Bonchev–Trinajstić information content (AvgIpc) is 2.52. The second-order valence-corrected chi connectivity index (χ2v) is 4.80. The molecule has 6 heteroatoms. The van der Waals surface area contributed by atoms with E-state index in [0.717, 1.165) is 5.82 Å². The zero-order valence-corrected chi connectivity index (χ0v) is 12.5. The lowest BCUT2D eigenvalue weighted by Gasteiger charge is -2.11. The Hall–Kier alpha value is -2.76. The van der Waals surface area contributed by atoms with Crippen LogP contribution in [0.3, 0.4) is 0 Å². The van der Waals surface area contributed by atoms with E-state index in [1.165, 1.54) is 18.2 Å². The van der Waals surface area contributed by atoms with Crippen molar-refractivity contribution in [2.75, 3.05) is 19.0 Å². The molecule has 0 saturated heterocycles. The molecule has 0 radical (unpaired) electrons. The highest BCUT2D eigenvalue weighted by Crippen LogP contribution is 2.08. The van der Waals surface area contributed by atoms with Gasteiger partial charge in [-0.1, -0.05) is 18.2 Å². The van der Waals surface area contributed by atoms with Gasteiger partial charge in [-0.15, -0.1) is 0 Å². The minimum absolute atomic E-state index is 0.210. The van der Waals surface area contributed by atoms with E-state index in [-0.39, 0.29) is 18.3 Å². The molecule has 0 aliphatic rings. The van der Waals surface area contributed by atoms with Gasteiger partial charge in [-0.25, -0.2) is 14.4 Å². The molecule has 114 valence electrons. The zero-order valence-electron chi connectivity index (χ0n) is 12.5. The molecule has 0 fully saturated rings. The predicted octanol–water partition coefficient (Wildman–Crippen LogP) is 2.01. The Morgan fingerprint density at radius 1 is 1.32 bits per heavy atom. The van der Waals surface area contributed by atoms with Gasteiger partial charge in [0.25, 0.3) is 0 Å². The van der Waals surface area contributed by atoms with E-state index in [1.807, 2.05) is 19.0 Å². The molecule has 0 bridgehead atoms. The molecule has 0 saturated carbocycles. The van der Waals surface area contributed by atoms with Crippen molar-refractivity contribution in [2.45, 2.75) is 6.54 Å². The molecule has 1 aromatic heterocycles. The molecule has 0 unspecified atom stereocenters. The number of rotatable bonds is 5. The van der Waals surface area contributed by atoms with Gasteiger partial charge in [0, 0.05) is 31.9 Å². The first-order chi connectivity index (χ1) is 10.6. The number of nitrogens with zero attached hydrogens (tertiary/aromatic N) is 3. The molecular formula is C16H17FN4O. The van der Waals surface area contributed by atoms with Crippen LogP contribution >= 0.6 is 0 Å². The molecule has 1 aromatic carbocycles. The molecule has 2 aromatic rings. The number of anilines is 1. The number of carbonyl (C=O) groups excluding carboxylic acids is 1. The number of hydrogen-bond donors (Lipinski definition) is 1. The number of amides is 1. The number of halogens is 1. The summed E-state index contributed by atoms with van der Waals surface area (Å²) in [6.45, 7) is 0.210. The first-order valence-electron chi connectivity index (χ1n) is 6.76. The van der Waals surface area contributed by atoms with Crippen molar-refractivity contribution in [1.29, 1.82) is 0 Å². The van der Waals surface area contributed by atoms with Crippen LogP contribution in [0.15, 0.2) is 42.6 Å². The lowest BCUT2D eigenvalue weighted by atomic mass is 10.2. The van der Waals surface area contributed by atoms with Crippen LogP contribution < -0.4 is 10.2 Å². The topological polar surface area (TPSA) is 58.1 Å². The fourth-order valence-corrected chi connectivity index (χ4v) is 1.72. The predicted molar refractivity (Wildman–Crippen MR) is 83.6 cm³/mol. The van der Waals surface area contributed by atoms with Crippen LogP contribution in [0, 0.1) is 5.82 Å². The van der Waals surface area contributed by atoms with Crippen molar-refractivity contribution < 1.29 is 9.18 Å². The van der Waals surface area contributed by atoms with Gasteiger partial charge in [0.05, 0.1) is 6.54 Å². The molecule has 1 amide bonds. The Bertz CT molecular complexity index is 685. The first-order valence-corrected chi connectivity index (χ1v) is 6.76. The quantitative estimate of drug-likeness (QED) is 0.858. The van der Waals surface area contributed by atoms with Gasteiger partial charge in [-0.2, -0.15) is 0 Å². The Morgan fingerprint density at radius 3 is 2.82 bits per heavy atom. The van der Waals surface area contributed by atoms with Crippen molar-refractivity contribution in [3.05, 3.63) is 59.8 Å². The van der Waals surface area contributed by atoms with Gasteiger partial charge in [0.1, 0.15) is 17.5 Å². The summed E-state index contributed by atoms with van der Waals surface area (Å²) in [5.74, 6) is 0.579.